The van der Waals surface area contributed by atoms with E-state index in [-0.39, 0.29) is 11.3 Å². The number of aromatic nitrogens is 1. The Morgan fingerprint density at radius 2 is 2.20 bits per heavy atom. The van der Waals surface area contributed by atoms with Crippen LogP contribution in [-0.2, 0) is 0 Å². The van der Waals surface area contributed by atoms with Crippen LogP contribution in [0.4, 0.5) is 5.69 Å². The highest BCUT2D eigenvalue weighted by atomic mass is 16.1. The van der Waals surface area contributed by atoms with Gasteiger partial charge in [-0.2, -0.15) is 0 Å². The molecule has 0 aliphatic rings. The monoisotopic (exact) mass is 207 g/mol. The Morgan fingerprint density at radius 1 is 1.53 bits per heavy atom. The summed E-state index contributed by atoms with van der Waals surface area (Å²) in [5, 5.41) is 0. The number of carbonyl (C=O) groups excluding carboxylic acids is 1. The Hall–Kier alpha value is -1.42. The third kappa shape index (κ3) is 3.67. The van der Waals surface area contributed by atoms with Crippen LogP contribution in [0.25, 0.3) is 0 Å². The Bertz CT molecular complexity index is 355. The maximum atomic E-state index is 11.7. The molecule has 1 rings (SSSR count). The lowest BCUT2D eigenvalue weighted by Gasteiger charge is -2.17. The summed E-state index contributed by atoms with van der Waals surface area (Å²) in [6.07, 6.45) is 4.11. The van der Waals surface area contributed by atoms with Gasteiger partial charge in [0.25, 0.3) is 0 Å². The van der Waals surface area contributed by atoms with Gasteiger partial charge in [0, 0.05) is 30.0 Å². The fourth-order valence-electron chi connectivity index (χ4n) is 1.21. The van der Waals surface area contributed by atoms with Gasteiger partial charge >= 0.3 is 0 Å². The van der Waals surface area contributed by atoms with Crippen LogP contribution >= 0.6 is 0 Å². The Morgan fingerprint density at radius 3 is 2.73 bits per heavy atom. The van der Waals surface area contributed by atoms with E-state index in [0.717, 1.165) is 0 Å². The molecule has 0 unspecified atom stereocenters. The molecule has 0 amide bonds. The molecule has 4 heteroatoms. The molecule has 0 atom stereocenters. The molecular formula is C11H17N3O. The van der Waals surface area contributed by atoms with Gasteiger partial charge < -0.3 is 11.5 Å². The third-order valence-electron chi connectivity index (χ3n) is 2.15. The smallest absolute Gasteiger partial charge is 0.166 e. The first-order valence-electron chi connectivity index (χ1n) is 4.92. The van der Waals surface area contributed by atoms with Crippen LogP contribution in [-0.4, -0.2) is 16.3 Å². The number of nitrogens with zero attached hydrogens (tertiary/aromatic N) is 1. The number of nitrogen functional groups attached to an aromatic ring is 1. The maximum absolute atomic E-state index is 11.7. The third-order valence-corrected chi connectivity index (χ3v) is 2.15. The van der Waals surface area contributed by atoms with E-state index in [2.05, 4.69) is 4.98 Å². The van der Waals surface area contributed by atoms with Crippen molar-refractivity contribution in [1.82, 2.24) is 4.98 Å². The van der Waals surface area contributed by atoms with Crippen molar-refractivity contribution in [1.29, 1.82) is 0 Å². The van der Waals surface area contributed by atoms with E-state index in [9.17, 15) is 4.79 Å². The fraction of sp³-hybridized carbons (Fsp3) is 0.455. The molecule has 1 aromatic rings. The summed E-state index contributed by atoms with van der Waals surface area (Å²) in [4.78, 5) is 15.6. The second-order valence-electron chi connectivity index (χ2n) is 4.37. The van der Waals surface area contributed by atoms with E-state index < -0.39 is 0 Å². The van der Waals surface area contributed by atoms with Gasteiger partial charge in [0.1, 0.15) is 0 Å². The minimum Gasteiger partial charge on any atom is -0.398 e. The van der Waals surface area contributed by atoms with Gasteiger partial charge in [-0.1, -0.05) is 0 Å². The van der Waals surface area contributed by atoms with Crippen molar-refractivity contribution < 1.29 is 4.79 Å². The number of hydrogen-bond donors (Lipinski definition) is 2. The molecule has 0 aromatic carbocycles. The van der Waals surface area contributed by atoms with E-state index in [1.807, 2.05) is 13.8 Å². The summed E-state index contributed by atoms with van der Waals surface area (Å²) in [6.45, 7) is 3.79. The van der Waals surface area contributed by atoms with Crippen molar-refractivity contribution >= 4 is 11.5 Å². The number of carbonyl (C=O) groups is 1. The van der Waals surface area contributed by atoms with Gasteiger partial charge in [0.2, 0.25) is 0 Å². The summed E-state index contributed by atoms with van der Waals surface area (Å²) in [6, 6.07) is 1.63. The number of ketones is 1. The highest BCUT2D eigenvalue weighted by molar-refractivity contribution is 6.00. The van der Waals surface area contributed by atoms with Crippen LogP contribution in [0.5, 0.6) is 0 Å². The van der Waals surface area contributed by atoms with Crippen molar-refractivity contribution in [3.63, 3.8) is 0 Å². The van der Waals surface area contributed by atoms with Crippen molar-refractivity contribution in [3.05, 3.63) is 24.0 Å². The quantitative estimate of drug-likeness (QED) is 0.730. The van der Waals surface area contributed by atoms with E-state index >= 15 is 0 Å². The average molecular weight is 207 g/mol. The van der Waals surface area contributed by atoms with Gasteiger partial charge in [0.15, 0.2) is 5.78 Å². The van der Waals surface area contributed by atoms with E-state index in [1.165, 1.54) is 6.20 Å². The Kier molecular flexibility index (Phi) is 3.42. The number of pyridine rings is 1. The van der Waals surface area contributed by atoms with Gasteiger partial charge in [-0.25, -0.2) is 0 Å². The largest absolute Gasteiger partial charge is 0.398 e. The van der Waals surface area contributed by atoms with Crippen LogP contribution < -0.4 is 11.5 Å². The van der Waals surface area contributed by atoms with E-state index in [1.54, 1.807) is 12.3 Å². The van der Waals surface area contributed by atoms with Gasteiger partial charge in [-0.05, 0) is 26.3 Å². The zero-order chi connectivity index (χ0) is 11.5. The maximum Gasteiger partial charge on any atom is 0.166 e. The molecule has 4 nitrogen and oxygen atoms in total. The molecule has 0 bridgehead atoms. The molecule has 0 aliphatic heterocycles. The molecule has 1 aromatic heterocycles. The number of rotatable bonds is 4. The molecule has 0 fully saturated rings. The Labute approximate surface area is 89.7 Å². The van der Waals surface area contributed by atoms with E-state index in [4.69, 9.17) is 11.5 Å². The average Bonchev–Trinajstić information content (AvgIpc) is 2.14. The van der Waals surface area contributed by atoms with Crippen LogP contribution in [0.15, 0.2) is 18.5 Å². The van der Waals surface area contributed by atoms with Crippen molar-refractivity contribution in [2.75, 3.05) is 5.73 Å². The predicted molar refractivity (Wildman–Crippen MR) is 60.5 cm³/mol. The molecular weight excluding hydrogens is 190 g/mol. The molecule has 0 aliphatic carbocycles. The van der Waals surface area contributed by atoms with Crippen molar-refractivity contribution in [2.24, 2.45) is 5.73 Å². The molecule has 15 heavy (non-hydrogen) atoms. The predicted octanol–water partition coefficient (Wildman–Crippen LogP) is 1.36. The molecule has 82 valence electrons. The van der Waals surface area contributed by atoms with Crippen LogP contribution in [0.1, 0.15) is 37.0 Å². The Balaban J connectivity index is 2.66. The van der Waals surface area contributed by atoms with E-state index in [0.29, 0.717) is 24.1 Å². The van der Waals surface area contributed by atoms with Gasteiger partial charge in [-0.3, -0.25) is 9.78 Å². The van der Waals surface area contributed by atoms with Crippen LogP contribution in [0.2, 0.25) is 0 Å². The number of anilines is 1. The molecule has 1 heterocycles. The van der Waals surface area contributed by atoms with Crippen LogP contribution in [0, 0.1) is 0 Å². The lowest BCUT2D eigenvalue weighted by Crippen LogP contribution is -2.32. The fourth-order valence-corrected chi connectivity index (χ4v) is 1.21. The van der Waals surface area contributed by atoms with Gasteiger partial charge in [0.05, 0.1) is 5.56 Å². The lowest BCUT2D eigenvalue weighted by molar-refractivity contribution is 0.0973. The summed E-state index contributed by atoms with van der Waals surface area (Å²) in [5.74, 6) is -0.000810. The summed E-state index contributed by atoms with van der Waals surface area (Å²) < 4.78 is 0. The number of nitrogens with two attached hydrogens (primary N) is 2. The zero-order valence-electron chi connectivity index (χ0n) is 9.16. The highest BCUT2D eigenvalue weighted by Crippen LogP contribution is 2.15. The molecule has 4 N–H and O–H groups in total. The molecule has 0 radical (unpaired) electrons. The minimum absolute atomic E-state index is 0.000810. The summed E-state index contributed by atoms with van der Waals surface area (Å²) in [7, 11) is 0. The molecule has 0 spiro atoms. The topological polar surface area (TPSA) is 82.0 Å². The van der Waals surface area contributed by atoms with Crippen molar-refractivity contribution in [2.45, 2.75) is 32.2 Å². The highest BCUT2D eigenvalue weighted by Gasteiger charge is 2.15. The second-order valence-corrected chi connectivity index (χ2v) is 4.37. The standard InChI is InChI=1S/C11H17N3O/c1-11(2,13)5-3-10(15)8-7-14-6-4-9(8)12/h4,6-7H,3,5,13H2,1-2H3,(H2,12,14). The van der Waals surface area contributed by atoms with Crippen LogP contribution in [0.3, 0.4) is 0 Å². The summed E-state index contributed by atoms with van der Waals surface area (Å²) >= 11 is 0. The first-order chi connectivity index (χ1) is 6.90. The SMILES string of the molecule is CC(C)(N)CCC(=O)c1cnccc1N. The first-order valence-corrected chi connectivity index (χ1v) is 4.92. The summed E-state index contributed by atoms with van der Waals surface area (Å²) in [5.41, 5.74) is 12.1. The lowest BCUT2D eigenvalue weighted by atomic mass is 9.96. The normalized spacial score (nSPS) is 11.4. The first kappa shape index (κ1) is 11.7. The van der Waals surface area contributed by atoms with Crippen molar-refractivity contribution in [3.8, 4) is 0 Å². The zero-order valence-corrected chi connectivity index (χ0v) is 9.16. The minimum atomic E-state index is -0.327. The molecule has 0 saturated heterocycles. The molecule has 0 saturated carbocycles. The number of hydrogen-bond acceptors (Lipinski definition) is 4. The number of Topliss-reactive ketones (excluding diaryl/α,β-unsaturated/α-hetero) is 1. The van der Waals surface area contributed by atoms with Gasteiger partial charge in [-0.15, -0.1) is 0 Å². The second kappa shape index (κ2) is 4.40.